The van der Waals surface area contributed by atoms with Gasteiger partial charge < -0.3 is 4.74 Å². The summed E-state index contributed by atoms with van der Waals surface area (Å²) in [6, 6.07) is 4.00. The van der Waals surface area contributed by atoms with Gasteiger partial charge in [-0.05, 0) is 28.1 Å². The predicted molar refractivity (Wildman–Crippen MR) is 53.9 cm³/mol. The summed E-state index contributed by atoms with van der Waals surface area (Å²) in [7, 11) is 1.63. The molecule has 0 aliphatic rings. The molecule has 0 amide bonds. The normalized spacial score (nSPS) is 10.5. The molecule has 0 atom stereocenters. The molecule has 0 saturated heterocycles. The van der Waals surface area contributed by atoms with Gasteiger partial charge in [0.05, 0.1) is 16.3 Å². The van der Waals surface area contributed by atoms with Crippen LogP contribution in [0.3, 0.4) is 0 Å². The van der Waals surface area contributed by atoms with E-state index in [1.807, 2.05) is 12.1 Å². The smallest absolute Gasteiger partial charge is 0.221 e. The van der Waals surface area contributed by atoms with Crippen LogP contribution in [0.25, 0.3) is 10.1 Å². The standard InChI is InChI=1S/C8H6BrNOS/c1-11-8-5-4-7(9)12-6(5)2-3-10-8/h2-4H,1H3. The molecule has 0 unspecified atom stereocenters. The van der Waals surface area contributed by atoms with Gasteiger partial charge >= 0.3 is 0 Å². The van der Waals surface area contributed by atoms with E-state index in [9.17, 15) is 0 Å². The first-order valence-corrected chi connectivity index (χ1v) is 5.00. The molecule has 0 N–H and O–H groups in total. The van der Waals surface area contributed by atoms with E-state index < -0.39 is 0 Å². The van der Waals surface area contributed by atoms with Gasteiger partial charge in [0, 0.05) is 10.9 Å². The fourth-order valence-corrected chi connectivity index (χ4v) is 2.59. The second kappa shape index (κ2) is 3.03. The third kappa shape index (κ3) is 1.21. The van der Waals surface area contributed by atoms with Crippen LogP contribution in [-0.4, -0.2) is 12.1 Å². The number of hydrogen-bond donors (Lipinski definition) is 0. The van der Waals surface area contributed by atoms with E-state index in [1.54, 1.807) is 24.6 Å². The number of pyridine rings is 1. The largest absolute Gasteiger partial charge is 0.481 e. The Morgan fingerprint density at radius 2 is 2.42 bits per heavy atom. The first-order chi connectivity index (χ1) is 5.81. The minimum Gasteiger partial charge on any atom is -0.481 e. The van der Waals surface area contributed by atoms with Gasteiger partial charge in [0.15, 0.2) is 0 Å². The van der Waals surface area contributed by atoms with Crippen LogP contribution in [0.15, 0.2) is 22.1 Å². The molecule has 0 spiro atoms. The molecular weight excluding hydrogens is 238 g/mol. The van der Waals surface area contributed by atoms with E-state index in [2.05, 4.69) is 20.9 Å². The number of methoxy groups -OCH3 is 1. The Hall–Kier alpha value is -0.610. The SMILES string of the molecule is COc1nccc2sc(Br)cc12. The highest BCUT2D eigenvalue weighted by atomic mass is 79.9. The second-order valence-corrected chi connectivity index (χ2v) is 4.75. The molecule has 2 heterocycles. The molecule has 0 aliphatic carbocycles. The highest BCUT2D eigenvalue weighted by Crippen LogP contribution is 2.33. The second-order valence-electron chi connectivity index (χ2n) is 2.28. The molecule has 4 heteroatoms. The Morgan fingerprint density at radius 1 is 1.58 bits per heavy atom. The van der Waals surface area contributed by atoms with Crippen molar-refractivity contribution in [3.63, 3.8) is 0 Å². The molecular formula is C8H6BrNOS. The van der Waals surface area contributed by atoms with Crippen molar-refractivity contribution in [3.05, 3.63) is 22.1 Å². The Balaban J connectivity index is 2.78. The number of fused-ring (bicyclic) bond motifs is 1. The molecule has 0 saturated carbocycles. The van der Waals surface area contributed by atoms with Gasteiger partial charge in [0.1, 0.15) is 0 Å². The molecule has 2 nitrogen and oxygen atoms in total. The fraction of sp³-hybridized carbons (Fsp3) is 0.125. The van der Waals surface area contributed by atoms with Crippen molar-refractivity contribution in [1.29, 1.82) is 0 Å². The monoisotopic (exact) mass is 243 g/mol. The number of aromatic nitrogens is 1. The van der Waals surface area contributed by atoms with Crippen LogP contribution in [0.4, 0.5) is 0 Å². The quantitative estimate of drug-likeness (QED) is 0.769. The Kier molecular flexibility index (Phi) is 2.02. The van der Waals surface area contributed by atoms with Crippen molar-refractivity contribution < 1.29 is 4.74 Å². The Bertz CT molecular complexity index is 412. The topological polar surface area (TPSA) is 22.1 Å². The minimum atomic E-state index is 0.689. The summed E-state index contributed by atoms with van der Waals surface area (Å²) in [4.78, 5) is 4.10. The summed E-state index contributed by atoms with van der Waals surface area (Å²) in [5, 5.41) is 1.07. The molecule has 0 fully saturated rings. The maximum atomic E-state index is 5.12. The van der Waals surface area contributed by atoms with Gasteiger partial charge in [-0.25, -0.2) is 4.98 Å². The first-order valence-electron chi connectivity index (χ1n) is 3.39. The lowest BCUT2D eigenvalue weighted by atomic mass is 10.3. The number of nitrogens with zero attached hydrogens (tertiary/aromatic N) is 1. The van der Waals surface area contributed by atoms with Crippen LogP contribution in [0, 0.1) is 0 Å². The number of thiophene rings is 1. The number of halogens is 1. The van der Waals surface area contributed by atoms with E-state index in [4.69, 9.17) is 4.74 Å². The third-order valence-electron chi connectivity index (χ3n) is 1.57. The lowest BCUT2D eigenvalue weighted by Gasteiger charge is -1.97. The van der Waals surface area contributed by atoms with E-state index >= 15 is 0 Å². The maximum absolute atomic E-state index is 5.12. The third-order valence-corrected chi connectivity index (χ3v) is 3.18. The number of hydrogen-bond acceptors (Lipinski definition) is 3. The van der Waals surface area contributed by atoms with E-state index in [1.165, 1.54) is 4.70 Å². The minimum absolute atomic E-state index is 0.689. The highest BCUT2D eigenvalue weighted by molar-refractivity contribution is 9.11. The van der Waals surface area contributed by atoms with Crippen molar-refractivity contribution in [2.75, 3.05) is 7.11 Å². The average molecular weight is 244 g/mol. The zero-order valence-electron chi connectivity index (χ0n) is 6.37. The molecule has 12 heavy (non-hydrogen) atoms. The highest BCUT2D eigenvalue weighted by Gasteiger charge is 2.04. The lowest BCUT2D eigenvalue weighted by Crippen LogP contribution is -1.85. The van der Waals surface area contributed by atoms with E-state index in [-0.39, 0.29) is 0 Å². The molecule has 2 aromatic heterocycles. The molecule has 0 radical (unpaired) electrons. The predicted octanol–water partition coefficient (Wildman–Crippen LogP) is 3.07. The molecule has 0 aliphatic heterocycles. The zero-order chi connectivity index (χ0) is 8.55. The van der Waals surface area contributed by atoms with Gasteiger partial charge in [0.25, 0.3) is 0 Å². The van der Waals surface area contributed by atoms with Crippen molar-refractivity contribution in [1.82, 2.24) is 4.98 Å². The molecule has 0 bridgehead atoms. The van der Waals surface area contributed by atoms with Crippen LogP contribution in [0.1, 0.15) is 0 Å². The summed E-state index contributed by atoms with van der Waals surface area (Å²) in [6.45, 7) is 0. The van der Waals surface area contributed by atoms with Crippen LogP contribution < -0.4 is 4.74 Å². The Morgan fingerprint density at radius 3 is 3.17 bits per heavy atom. The van der Waals surface area contributed by atoms with Gasteiger partial charge in [-0.3, -0.25) is 0 Å². The molecule has 2 aromatic rings. The van der Waals surface area contributed by atoms with E-state index in [0.717, 1.165) is 9.17 Å². The zero-order valence-corrected chi connectivity index (χ0v) is 8.78. The molecule has 0 aromatic carbocycles. The van der Waals surface area contributed by atoms with Crippen LogP contribution in [-0.2, 0) is 0 Å². The number of ether oxygens (including phenoxy) is 1. The summed E-state index contributed by atoms with van der Waals surface area (Å²) >= 11 is 5.10. The van der Waals surface area contributed by atoms with E-state index in [0.29, 0.717) is 5.88 Å². The van der Waals surface area contributed by atoms with Gasteiger partial charge in [-0.15, -0.1) is 11.3 Å². The van der Waals surface area contributed by atoms with Crippen LogP contribution in [0.2, 0.25) is 0 Å². The summed E-state index contributed by atoms with van der Waals surface area (Å²) < 4.78 is 7.40. The van der Waals surface area contributed by atoms with Gasteiger partial charge in [0.2, 0.25) is 5.88 Å². The van der Waals surface area contributed by atoms with Crippen molar-refractivity contribution in [3.8, 4) is 5.88 Å². The van der Waals surface area contributed by atoms with Crippen molar-refractivity contribution in [2.24, 2.45) is 0 Å². The van der Waals surface area contributed by atoms with Crippen LogP contribution in [0.5, 0.6) is 5.88 Å². The summed E-state index contributed by atoms with van der Waals surface area (Å²) in [5.41, 5.74) is 0. The fourth-order valence-electron chi connectivity index (χ4n) is 1.07. The summed E-state index contributed by atoms with van der Waals surface area (Å²) in [6.07, 6.45) is 1.75. The molecule has 62 valence electrons. The van der Waals surface area contributed by atoms with Crippen LogP contribution >= 0.6 is 27.3 Å². The molecule has 2 rings (SSSR count). The summed E-state index contributed by atoms with van der Waals surface area (Å²) in [5.74, 6) is 0.689. The number of rotatable bonds is 1. The maximum Gasteiger partial charge on any atom is 0.221 e. The first kappa shape index (κ1) is 8.01. The van der Waals surface area contributed by atoms with Gasteiger partial charge in [-0.1, -0.05) is 0 Å². The average Bonchev–Trinajstić information content (AvgIpc) is 2.44. The Labute approximate surface area is 82.3 Å². The lowest BCUT2D eigenvalue weighted by molar-refractivity contribution is 0.403. The van der Waals surface area contributed by atoms with Crippen molar-refractivity contribution >= 4 is 37.4 Å². The van der Waals surface area contributed by atoms with Crippen molar-refractivity contribution in [2.45, 2.75) is 0 Å². The van der Waals surface area contributed by atoms with Gasteiger partial charge in [-0.2, -0.15) is 0 Å².